The van der Waals surface area contributed by atoms with Gasteiger partial charge in [0, 0.05) is 12.1 Å². The predicted octanol–water partition coefficient (Wildman–Crippen LogP) is 4.03. The molecule has 0 fully saturated rings. The summed E-state index contributed by atoms with van der Waals surface area (Å²) in [5.41, 5.74) is 4.74. The van der Waals surface area contributed by atoms with E-state index in [2.05, 4.69) is 24.4 Å². The molecule has 7 nitrogen and oxygen atoms in total. The van der Waals surface area contributed by atoms with Gasteiger partial charge in [0.25, 0.3) is 11.6 Å². The van der Waals surface area contributed by atoms with E-state index >= 15 is 0 Å². The fourth-order valence-corrected chi connectivity index (χ4v) is 2.45. The van der Waals surface area contributed by atoms with Gasteiger partial charge >= 0.3 is 0 Å². The normalized spacial score (nSPS) is 12.3. The number of non-ortho nitro benzene ring substituents is 1. The molecule has 0 spiro atoms. The lowest BCUT2D eigenvalue weighted by molar-refractivity contribution is -0.384. The SMILES string of the molecule is CCC(C)c1ccccc1OCC(=O)NN=C(C)c1ccc([N+](=O)[O-])cc1. The van der Waals surface area contributed by atoms with Crippen LogP contribution in [-0.4, -0.2) is 23.1 Å². The molecule has 0 aromatic heterocycles. The maximum absolute atomic E-state index is 12.0. The minimum atomic E-state index is -0.466. The number of nitro groups is 1. The van der Waals surface area contributed by atoms with Crippen molar-refractivity contribution in [3.05, 3.63) is 69.8 Å². The van der Waals surface area contributed by atoms with Crippen molar-refractivity contribution in [3.63, 3.8) is 0 Å². The number of rotatable bonds is 8. The second-order valence-electron chi connectivity index (χ2n) is 6.17. The number of carbonyl (C=O) groups excluding carboxylic acids is 1. The van der Waals surface area contributed by atoms with Crippen LogP contribution in [0.3, 0.4) is 0 Å². The number of hydrogen-bond acceptors (Lipinski definition) is 5. The van der Waals surface area contributed by atoms with Crippen LogP contribution in [0.25, 0.3) is 0 Å². The molecule has 2 aromatic rings. The van der Waals surface area contributed by atoms with Gasteiger partial charge in [-0.1, -0.05) is 32.0 Å². The number of benzene rings is 2. The van der Waals surface area contributed by atoms with Gasteiger partial charge in [-0.3, -0.25) is 14.9 Å². The van der Waals surface area contributed by atoms with E-state index < -0.39 is 4.92 Å². The molecule has 0 saturated carbocycles. The van der Waals surface area contributed by atoms with Crippen molar-refractivity contribution in [1.29, 1.82) is 0 Å². The Labute approximate surface area is 158 Å². The molecule has 1 N–H and O–H groups in total. The third kappa shape index (κ3) is 5.64. The van der Waals surface area contributed by atoms with E-state index in [1.165, 1.54) is 12.1 Å². The highest BCUT2D eigenvalue weighted by molar-refractivity contribution is 5.99. The summed E-state index contributed by atoms with van der Waals surface area (Å²) in [4.78, 5) is 22.2. The number of hydrazone groups is 1. The largest absolute Gasteiger partial charge is 0.483 e. The standard InChI is InChI=1S/C20H23N3O4/c1-4-14(2)18-7-5-6-8-19(18)27-13-20(24)22-21-15(3)16-9-11-17(12-10-16)23(25)26/h5-12,14H,4,13H2,1-3H3,(H,22,24). The fourth-order valence-electron chi connectivity index (χ4n) is 2.45. The lowest BCUT2D eigenvalue weighted by Gasteiger charge is -2.15. The summed E-state index contributed by atoms with van der Waals surface area (Å²) in [6.45, 7) is 5.77. The van der Waals surface area contributed by atoms with Crippen LogP contribution >= 0.6 is 0 Å². The van der Waals surface area contributed by atoms with Gasteiger partial charge in [0.2, 0.25) is 0 Å². The Kier molecular flexibility index (Phi) is 7.05. The molecule has 1 unspecified atom stereocenters. The molecule has 0 saturated heterocycles. The molecule has 0 aliphatic carbocycles. The van der Waals surface area contributed by atoms with Crippen molar-refractivity contribution >= 4 is 17.3 Å². The summed E-state index contributed by atoms with van der Waals surface area (Å²) in [6, 6.07) is 13.6. The number of ether oxygens (including phenoxy) is 1. The first-order valence-corrected chi connectivity index (χ1v) is 8.72. The molecule has 7 heteroatoms. The number of nitrogens with zero attached hydrogens (tertiary/aromatic N) is 2. The summed E-state index contributed by atoms with van der Waals surface area (Å²) in [5.74, 6) is 0.653. The average Bonchev–Trinajstić information content (AvgIpc) is 2.70. The van der Waals surface area contributed by atoms with Crippen LogP contribution in [0.4, 0.5) is 5.69 Å². The Bertz CT molecular complexity index is 831. The molecular formula is C20H23N3O4. The Morgan fingerprint density at radius 1 is 1.22 bits per heavy atom. The Balaban J connectivity index is 1.94. The number of para-hydroxylation sites is 1. The van der Waals surface area contributed by atoms with Gasteiger partial charge < -0.3 is 4.74 Å². The lowest BCUT2D eigenvalue weighted by atomic mass is 9.98. The van der Waals surface area contributed by atoms with E-state index in [9.17, 15) is 14.9 Å². The van der Waals surface area contributed by atoms with Crippen molar-refractivity contribution in [3.8, 4) is 5.75 Å². The fraction of sp³-hybridized carbons (Fsp3) is 0.300. The molecule has 0 heterocycles. The van der Waals surface area contributed by atoms with Crippen molar-refractivity contribution in [2.75, 3.05) is 6.61 Å². The molecule has 0 aliphatic rings. The smallest absolute Gasteiger partial charge is 0.277 e. The van der Waals surface area contributed by atoms with Crippen molar-refractivity contribution in [2.24, 2.45) is 5.10 Å². The van der Waals surface area contributed by atoms with Gasteiger partial charge in [0.1, 0.15) is 5.75 Å². The minimum Gasteiger partial charge on any atom is -0.483 e. The summed E-state index contributed by atoms with van der Waals surface area (Å²) < 4.78 is 5.65. The zero-order valence-electron chi connectivity index (χ0n) is 15.6. The van der Waals surface area contributed by atoms with Crippen LogP contribution in [-0.2, 0) is 4.79 Å². The van der Waals surface area contributed by atoms with Crippen LogP contribution in [0.5, 0.6) is 5.75 Å². The van der Waals surface area contributed by atoms with Gasteiger partial charge in [0.15, 0.2) is 6.61 Å². The third-order valence-electron chi connectivity index (χ3n) is 4.27. The maximum atomic E-state index is 12.0. The molecule has 1 atom stereocenters. The average molecular weight is 369 g/mol. The van der Waals surface area contributed by atoms with Gasteiger partial charge in [-0.15, -0.1) is 0 Å². The topological polar surface area (TPSA) is 93.8 Å². The molecule has 0 aliphatic heterocycles. The number of carbonyl (C=O) groups is 1. The third-order valence-corrected chi connectivity index (χ3v) is 4.27. The second-order valence-corrected chi connectivity index (χ2v) is 6.17. The molecule has 1 amide bonds. The molecule has 2 aromatic carbocycles. The van der Waals surface area contributed by atoms with Crippen LogP contribution in [0.15, 0.2) is 53.6 Å². The summed E-state index contributed by atoms with van der Waals surface area (Å²) in [6.07, 6.45) is 0.977. The number of amides is 1. The van der Waals surface area contributed by atoms with Crippen LogP contribution < -0.4 is 10.2 Å². The Morgan fingerprint density at radius 2 is 1.89 bits per heavy atom. The van der Waals surface area contributed by atoms with Gasteiger partial charge in [-0.2, -0.15) is 5.10 Å². The first-order chi connectivity index (χ1) is 12.9. The highest BCUT2D eigenvalue weighted by Gasteiger charge is 2.11. The summed E-state index contributed by atoms with van der Waals surface area (Å²) in [7, 11) is 0. The van der Waals surface area contributed by atoms with E-state index in [-0.39, 0.29) is 18.2 Å². The molecule has 0 bridgehead atoms. The first kappa shape index (κ1) is 20.1. The highest BCUT2D eigenvalue weighted by Crippen LogP contribution is 2.28. The van der Waals surface area contributed by atoms with Crippen molar-refractivity contribution in [1.82, 2.24) is 5.43 Å². The first-order valence-electron chi connectivity index (χ1n) is 8.72. The van der Waals surface area contributed by atoms with Crippen LogP contribution in [0.2, 0.25) is 0 Å². The van der Waals surface area contributed by atoms with E-state index in [1.54, 1.807) is 19.1 Å². The monoisotopic (exact) mass is 369 g/mol. The molecule has 2 rings (SSSR count). The Hall–Kier alpha value is -3.22. The molecular weight excluding hydrogens is 346 g/mol. The molecule has 27 heavy (non-hydrogen) atoms. The zero-order chi connectivity index (χ0) is 19.8. The van der Waals surface area contributed by atoms with Gasteiger partial charge in [0.05, 0.1) is 10.6 Å². The maximum Gasteiger partial charge on any atom is 0.277 e. The number of nitro benzene ring substituents is 1. The zero-order valence-corrected chi connectivity index (χ0v) is 15.6. The summed E-state index contributed by atoms with van der Waals surface area (Å²) in [5, 5.41) is 14.7. The molecule has 0 radical (unpaired) electrons. The van der Waals surface area contributed by atoms with Crippen LogP contribution in [0, 0.1) is 10.1 Å². The number of nitrogens with one attached hydrogen (secondary N) is 1. The van der Waals surface area contributed by atoms with E-state index in [0.717, 1.165) is 12.0 Å². The summed E-state index contributed by atoms with van der Waals surface area (Å²) >= 11 is 0. The second kappa shape index (κ2) is 9.47. The van der Waals surface area contributed by atoms with E-state index in [4.69, 9.17) is 4.74 Å². The van der Waals surface area contributed by atoms with E-state index in [1.807, 2.05) is 24.3 Å². The van der Waals surface area contributed by atoms with E-state index in [0.29, 0.717) is 22.9 Å². The highest BCUT2D eigenvalue weighted by atomic mass is 16.6. The van der Waals surface area contributed by atoms with Crippen molar-refractivity contribution in [2.45, 2.75) is 33.1 Å². The van der Waals surface area contributed by atoms with Gasteiger partial charge in [-0.25, -0.2) is 5.43 Å². The number of hydrogen-bond donors (Lipinski definition) is 1. The Morgan fingerprint density at radius 3 is 2.52 bits per heavy atom. The molecule has 142 valence electrons. The van der Waals surface area contributed by atoms with Gasteiger partial charge in [-0.05, 0) is 48.6 Å². The lowest BCUT2D eigenvalue weighted by Crippen LogP contribution is -2.26. The minimum absolute atomic E-state index is 0.00367. The predicted molar refractivity (Wildman–Crippen MR) is 104 cm³/mol. The van der Waals surface area contributed by atoms with Crippen molar-refractivity contribution < 1.29 is 14.5 Å². The quantitative estimate of drug-likeness (QED) is 0.432. The van der Waals surface area contributed by atoms with Crippen LogP contribution in [0.1, 0.15) is 44.2 Å².